The third-order valence-corrected chi connectivity index (χ3v) is 3.27. The van der Waals surface area contributed by atoms with Crippen LogP contribution in [0.3, 0.4) is 0 Å². The first-order valence-electron chi connectivity index (χ1n) is 6.68. The molecule has 1 aromatic rings. The van der Waals surface area contributed by atoms with Crippen molar-refractivity contribution < 1.29 is 4.79 Å². The lowest BCUT2D eigenvalue weighted by Crippen LogP contribution is -2.56. The van der Waals surface area contributed by atoms with Crippen molar-refractivity contribution in [3.05, 3.63) is 48.6 Å². The van der Waals surface area contributed by atoms with Gasteiger partial charge in [-0.25, -0.2) is 0 Å². The van der Waals surface area contributed by atoms with Gasteiger partial charge in [-0.05, 0) is 5.56 Å². The zero-order valence-electron chi connectivity index (χ0n) is 11.1. The Morgan fingerprint density at radius 3 is 3.00 bits per heavy atom. The minimum Gasteiger partial charge on any atom is -0.351 e. The fourth-order valence-corrected chi connectivity index (χ4v) is 2.24. The maximum absolute atomic E-state index is 12.1. The number of hydrogen-bond acceptors (Lipinski definition) is 3. The van der Waals surface area contributed by atoms with Crippen molar-refractivity contribution in [3.8, 4) is 0 Å². The SMILES string of the molecule is C=CCN1CCNC(C(=O)NCc2ccccc2)C1. The highest BCUT2D eigenvalue weighted by molar-refractivity contribution is 5.82. The summed E-state index contributed by atoms with van der Waals surface area (Å²) in [4.78, 5) is 14.3. The van der Waals surface area contributed by atoms with Crippen LogP contribution in [0.5, 0.6) is 0 Å². The van der Waals surface area contributed by atoms with Crippen molar-refractivity contribution in [3.63, 3.8) is 0 Å². The van der Waals surface area contributed by atoms with Gasteiger partial charge in [-0.15, -0.1) is 6.58 Å². The lowest BCUT2D eigenvalue weighted by atomic mass is 10.1. The second-order valence-electron chi connectivity index (χ2n) is 4.76. The quantitative estimate of drug-likeness (QED) is 0.768. The van der Waals surface area contributed by atoms with Crippen molar-refractivity contribution in [1.82, 2.24) is 15.5 Å². The van der Waals surface area contributed by atoms with E-state index in [0.29, 0.717) is 6.54 Å². The molecule has 102 valence electrons. The van der Waals surface area contributed by atoms with Crippen LogP contribution in [0.2, 0.25) is 0 Å². The molecule has 2 rings (SSSR count). The summed E-state index contributed by atoms with van der Waals surface area (Å²) in [5.41, 5.74) is 1.12. The molecule has 1 aliphatic rings. The summed E-state index contributed by atoms with van der Waals surface area (Å²) in [5.74, 6) is 0.0672. The van der Waals surface area contributed by atoms with E-state index in [1.165, 1.54) is 0 Å². The summed E-state index contributed by atoms with van der Waals surface area (Å²) in [6, 6.07) is 9.83. The lowest BCUT2D eigenvalue weighted by Gasteiger charge is -2.32. The Kier molecular flexibility index (Phi) is 5.12. The molecule has 0 spiro atoms. The summed E-state index contributed by atoms with van der Waals surface area (Å²) in [7, 11) is 0. The number of carbonyl (C=O) groups is 1. The van der Waals surface area contributed by atoms with Gasteiger partial charge in [0.2, 0.25) is 5.91 Å². The first kappa shape index (κ1) is 13.8. The summed E-state index contributed by atoms with van der Waals surface area (Å²) in [5, 5.41) is 6.23. The van der Waals surface area contributed by atoms with Crippen LogP contribution in [0.25, 0.3) is 0 Å². The number of hydrogen-bond donors (Lipinski definition) is 2. The third kappa shape index (κ3) is 4.19. The number of piperazine rings is 1. The fourth-order valence-electron chi connectivity index (χ4n) is 2.24. The standard InChI is InChI=1S/C15H21N3O/c1-2-9-18-10-8-16-14(12-18)15(19)17-11-13-6-4-3-5-7-13/h2-7,14,16H,1,8-12H2,(H,17,19). The molecule has 0 radical (unpaired) electrons. The highest BCUT2D eigenvalue weighted by Crippen LogP contribution is 2.01. The van der Waals surface area contributed by atoms with Crippen molar-refractivity contribution in [2.45, 2.75) is 12.6 Å². The molecule has 2 N–H and O–H groups in total. The molecule has 1 aromatic carbocycles. The molecule has 0 saturated carbocycles. The summed E-state index contributed by atoms with van der Waals surface area (Å²) >= 11 is 0. The molecule has 0 aliphatic carbocycles. The zero-order chi connectivity index (χ0) is 13.5. The number of nitrogens with zero attached hydrogens (tertiary/aromatic N) is 1. The van der Waals surface area contributed by atoms with Gasteiger partial charge in [0.15, 0.2) is 0 Å². The van der Waals surface area contributed by atoms with Crippen molar-refractivity contribution in [1.29, 1.82) is 0 Å². The smallest absolute Gasteiger partial charge is 0.238 e. The van der Waals surface area contributed by atoms with Gasteiger partial charge in [-0.2, -0.15) is 0 Å². The Balaban J connectivity index is 1.81. The Morgan fingerprint density at radius 1 is 1.47 bits per heavy atom. The molecular formula is C15H21N3O. The summed E-state index contributed by atoms with van der Waals surface area (Å²) in [6.45, 7) is 7.71. The van der Waals surface area contributed by atoms with Gasteiger partial charge in [0.1, 0.15) is 0 Å². The van der Waals surface area contributed by atoms with Gasteiger partial charge >= 0.3 is 0 Å². The summed E-state index contributed by atoms with van der Waals surface area (Å²) < 4.78 is 0. The van der Waals surface area contributed by atoms with Crippen LogP contribution in [-0.4, -0.2) is 43.0 Å². The minimum absolute atomic E-state index is 0.0672. The average molecular weight is 259 g/mol. The van der Waals surface area contributed by atoms with Crippen molar-refractivity contribution >= 4 is 5.91 Å². The fraction of sp³-hybridized carbons (Fsp3) is 0.400. The van der Waals surface area contributed by atoms with Crippen LogP contribution >= 0.6 is 0 Å². The van der Waals surface area contributed by atoms with Crippen LogP contribution in [0.1, 0.15) is 5.56 Å². The van der Waals surface area contributed by atoms with E-state index in [0.717, 1.165) is 31.7 Å². The molecule has 1 amide bonds. The highest BCUT2D eigenvalue weighted by Gasteiger charge is 2.24. The van der Waals surface area contributed by atoms with Crippen LogP contribution in [0.4, 0.5) is 0 Å². The number of carbonyl (C=O) groups excluding carboxylic acids is 1. The maximum Gasteiger partial charge on any atom is 0.238 e. The molecule has 1 fully saturated rings. The van der Waals surface area contributed by atoms with Crippen LogP contribution in [0.15, 0.2) is 43.0 Å². The number of rotatable bonds is 5. The van der Waals surface area contributed by atoms with Gasteiger partial charge < -0.3 is 10.6 Å². The van der Waals surface area contributed by atoms with E-state index < -0.39 is 0 Å². The highest BCUT2D eigenvalue weighted by atomic mass is 16.2. The van der Waals surface area contributed by atoms with E-state index >= 15 is 0 Å². The summed E-state index contributed by atoms with van der Waals surface area (Å²) in [6.07, 6.45) is 1.88. The number of benzene rings is 1. The number of amides is 1. The Labute approximate surface area is 114 Å². The molecule has 1 aliphatic heterocycles. The maximum atomic E-state index is 12.1. The number of nitrogens with one attached hydrogen (secondary N) is 2. The van der Waals surface area contributed by atoms with E-state index in [9.17, 15) is 4.79 Å². The van der Waals surface area contributed by atoms with Gasteiger partial charge in [-0.3, -0.25) is 9.69 Å². The second kappa shape index (κ2) is 7.07. The molecule has 19 heavy (non-hydrogen) atoms. The molecular weight excluding hydrogens is 238 g/mol. The normalized spacial score (nSPS) is 19.9. The Hall–Kier alpha value is -1.65. The Bertz CT molecular complexity index is 419. The monoisotopic (exact) mass is 259 g/mol. The van der Waals surface area contributed by atoms with Gasteiger partial charge in [0.05, 0.1) is 6.04 Å². The predicted octanol–water partition coefficient (Wildman–Crippen LogP) is 0.763. The van der Waals surface area contributed by atoms with E-state index in [4.69, 9.17) is 0 Å². The molecule has 4 nitrogen and oxygen atoms in total. The van der Waals surface area contributed by atoms with Gasteiger partial charge in [-0.1, -0.05) is 36.4 Å². The largest absolute Gasteiger partial charge is 0.351 e. The van der Waals surface area contributed by atoms with Crippen LogP contribution < -0.4 is 10.6 Å². The molecule has 1 saturated heterocycles. The van der Waals surface area contributed by atoms with E-state index in [2.05, 4.69) is 22.1 Å². The molecule has 0 bridgehead atoms. The predicted molar refractivity (Wildman–Crippen MR) is 76.7 cm³/mol. The first-order valence-corrected chi connectivity index (χ1v) is 6.68. The second-order valence-corrected chi connectivity index (χ2v) is 4.76. The van der Waals surface area contributed by atoms with Crippen molar-refractivity contribution in [2.24, 2.45) is 0 Å². The molecule has 1 heterocycles. The van der Waals surface area contributed by atoms with Gasteiger partial charge in [0, 0.05) is 32.7 Å². The van der Waals surface area contributed by atoms with E-state index in [-0.39, 0.29) is 11.9 Å². The van der Waals surface area contributed by atoms with Crippen LogP contribution in [0, 0.1) is 0 Å². The topological polar surface area (TPSA) is 44.4 Å². The molecule has 0 aromatic heterocycles. The first-order chi connectivity index (χ1) is 9.29. The van der Waals surface area contributed by atoms with Crippen LogP contribution in [-0.2, 0) is 11.3 Å². The third-order valence-electron chi connectivity index (χ3n) is 3.27. The van der Waals surface area contributed by atoms with Gasteiger partial charge in [0.25, 0.3) is 0 Å². The zero-order valence-corrected chi connectivity index (χ0v) is 11.1. The minimum atomic E-state index is -0.127. The Morgan fingerprint density at radius 2 is 2.26 bits per heavy atom. The molecule has 4 heteroatoms. The molecule has 1 atom stereocenters. The van der Waals surface area contributed by atoms with Crippen molar-refractivity contribution in [2.75, 3.05) is 26.2 Å². The average Bonchev–Trinajstić information content (AvgIpc) is 2.46. The molecule has 1 unspecified atom stereocenters. The van der Waals surface area contributed by atoms with E-state index in [1.807, 2.05) is 36.4 Å². The van der Waals surface area contributed by atoms with E-state index in [1.54, 1.807) is 0 Å². The lowest BCUT2D eigenvalue weighted by molar-refractivity contribution is -0.124.